The Morgan fingerprint density at radius 1 is 1.32 bits per heavy atom. The second-order valence-electron chi connectivity index (χ2n) is 6.07. The van der Waals surface area contributed by atoms with Gasteiger partial charge in [-0.1, -0.05) is 0 Å². The molecule has 1 aliphatic heterocycles. The topological polar surface area (TPSA) is 92.0 Å². The minimum absolute atomic E-state index is 0.128. The van der Waals surface area contributed by atoms with Crippen molar-refractivity contribution < 1.29 is 5.11 Å². The molecule has 8 heteroatoms. The number of anilines is 1. The molecule has 1 saturated heterocycles. The van der Waals surface area contributed by atoms with E-state index in [1.165, 1.54) is 0 Å². The van der Waals surface area contributed by atoms with Crippen LogP contribution in [0.15, 0.2) is 43.1 Å². The molecule has 2 N–H and O–H groups in total. The lowest BCUT2D eigenvalue weighted by Crippen LogP contribution is -2.34. The monoisotopic (exact) mass is 337 g/mol. The highest BCUT2D eigenvalue weighted by molar-refractivity contribution is 5.68. The molecule has 1 fully saturated rings. The highest BCUT2D eigenvalue weighted by Gasteiger charge is 2.21. The maximum absolute atomic E-state index is 10.3. The number of hydrogen-bond donors (Lipinski definition) is 2. The van der Waals surface area contributed by atoms with Crippen LogP contribution in [0.5, 0.6) is 5.75 Å². The van der Waals surface area contributed by atoms with Crippen LogP contribution in [0, 0.1) is 0 Å². The number of phenolic OH excluding ortho intramolecular Hbond substituents is 1. The lowest BCUT2D eigenvalue weighted by atomic mass is 10.1. The molecule has 4 rings (SSSR count). The first-order valence-electron chi connectivity index (χ1n) is 8.17. The summed E-state index contributed by atoms with van der Waals surface area (Å²) in [7, 11) is 1.98. The van der Waals surface area contributed by atoms with E-state index < -0.39 is 0 Å². The van der Waals surface area contributed by atoms with Crippen molar-refractivity contribution in [2.24, 2.45) is 0 Å². The van der Waals surface area contributed by atoms with Crippen molar-refractivity contribution in [1.29, 1.82) is 0 Å². The van der Waals surface area contributed by atoms with Crippen molar-refractivity contribution in [1.82, 2.24) is 30.0 Å². The minimum atomic E-state index is 0.128. The fourth-order valence-corrected chi connectivity index (χ4v) is 3.00. The van der Waals surface area contributed by atoms with Gasteiger partial charge in [0.1, 0.15) is 11.4 Å². The number of nitrogens with one attached hydrogen (secondary N) is 1. The van der Waals surface area contributed by atoms with Gasteiger partial charge < -0.3 is 19.9 Å². The van der Waals surface area contributed by atoms with E-state index in [9.17, 15) is 5.11 Å². The standard InChI is InChI=1S/C17H19N7O/c1-23(13-4-5-18-9-13)17-20-10-15(21-22-17)14-3-2-12(8-16(14)25)24-7-6-19-11-24/h2-3,6-8,10-11,13,18,25H,4-5,9H2,1H3/t13-/m0/s1. The van der Waals surface area contributed by atoms with E-state index in [2.05, 4.69) is 25.5 Å². The molecule has 0 spiro atoms. The van der Waals surface area contributed by atoms with E-state index >= 15 is 0 Å². The summed E-state index contributed by atoms with van der Waals surface area (Å²) in [6.07, 6.45) is 7.90. The normalized spacial score (nSPS) is 16.9. The third kappa shape index (κ3) is 3.03. The van der Waals surface area contributed by atoms with Gasteiger partial charge in [0, 0.05) is 43.7 Å². The van der Waals surface area contributed by atoms with Crippen molar-refractivity contribution in [2.45, 2.75) is 12.5 Å². The molecule has 1 aliphatic rings. The Morgan fingerprint density at radius 3 is 2.88 bits per heavy atom. The summed E-state index contributed by atoms with van der Waals surface area (Å²) in [4.78, 5) is 10.5. The van der Waals surface area contributed by atoms with E-state index in [0.29, 0.717) is 23.2 Å². The third-order valence-corrected chi connectivity index (χ3v) is 4.51. The minimum Gasteiger partial charge on any atom is -0.507 e. The molecule has 0 saturated carbocycles. The van der Waals surface area contributed by atoms with Crippen molar-refractivity contribution in [3.05, 3.63) is 43.1 Å². The average Bonchev–Trinajstić information content (AvgIpc) is 3.35. The Kier molecular flexibility index (Phi) is 4.02. The molecule has 128 valence electrons. The number of nitrogens with zero attached hydrogens (tertiary/aromatic N) is 6. The maximum atomic E-state index is 10.3. The highest BCUT2D eigenvalue weighted by Crippen LogP contribution is 2.29. The molecule has 0 bridgehead atoms. The van der Waals surface area contributed by atoms with Crippen molar-refractivity contribution in [3.8, 4) is 22.7 Å². The Balaban J connectivity index is 1.57. The molecule has 3 aromatic rings. The van der Waals surface area contributed by atoms with E-state index in [4.69, 9.17) is 0 Å². The van der Waals surface area contributed by atoms with Crippen molar-refractivity contribution in [3.63, 3.8) is 0 Å². The first kappa shape index (κ1) is 15.5. The summed E-state index contributed by atoms with van der Waals surface area (Å²) >= 11 is 0. The summed E-state index contributed by atoms with van der Waals surface area (Å²) in [6.45, 7) is 1.94. The van der Waals surface area contributed by atoms with Crippen LogP contribution in [0.1, 0.15) is 6.42 Å². The first-order chi connectivity index (χ1) is 12.2. The van der Waals surface area contributed by atoms with Gasteiger partial charge in [-0.15, -0.1) is 10.2 Å². The van der Waals surface area contributed by atoms with Crippen LogP contribution in [-0.4, -0.2) is 56.0 Å². The van der Waals surface area contributed by atoms with Gasteiger partial charge in [-0.25, -0.2) is 9.97 Å². The quantitative estimate of drug-likeness (QED) is 0.740. The number of phenols is 1. The molecule has 1 atom stereocenters. The summed E-state index contributed by atoms with van der Waals surface area (Å²) in [5.41, 5.74) is 1.96. The molecule has 1 aromatic carbocycles. The molecule has 8 nitrogen and oxygen atoms in total. The maximum Gasteiger partial charge on any atom is 0.245 e. The number of aromatic nitrogens is 5. The molecule has 0 unspecified atom stereocenters. The largest absolute Gasteiger partial charge is 0.507 e. The van der Waals surface area contributed by atoms with Crippen LogP contribution in [0.3, 0.4) is 0 Å². The van der Waals surface area contributed by atoms with Gasteiger partial charge >= 0.3 is 0 Å². The second kappa shape index (κ2) is 6.48. The van der Waals surface area contributed by atoms with E-state index in [-0.39, 0.29) is 5.75 Å². The molecule has 2 aromatic heterocycles. The lowest BCUT2D eigenvalue weighted by Gasteiger charge is -2.22. The van der Waals surface area contributed by atoms with E-state index in [1.54, 1.807) is 30.9 Å². The number of hydrogen-bond acceptors (Lipinski definition) is 7. The number of rotatable bonds is 4. The van der Waals surface area contributed by atoms with Crippen LogP contribution in [0.25, 0.3) is 16.9 Å². The molecule has 0 amide bonds. The zero-order valence-electron chi connectivity index (χ0n) is 13.9. The second-order valence-corrected chi connectivity index (χ2v) is 6.07. The van der Waals surface area contributed by atoms with Gasteiger partial charge in [-0.3, -0.25) is 0 Å². The zero-order valence-corrected chi connectivity index (χ0v) is 13.9. The molecule has 0 aliphatic carbocycles. The van der Waals surface area contributed by atoms with Crippen LogP contribution >= 0.6 is 0 Å². The summed E-state index contributed by atoms with van der Waals surface area (Å²) in [6, 6.07) is 5.75. The number of likely N-dealkylation sites (N-methyl/N-ethyl adjacent to an activating group) is 1. The van der Waals surface area contributed by atoms with Crippen molar-refractivity contribution in [2.75, 3.05) is 25.0 Å². The molecule has 25 heavy (non-hydrogen) atoms. The number of imidazole rings is 1. The van der Waals surface area contributed by atoms with E-state index in [0.717, 1.165) is 25.2 Å². The predicted molar refractivity (Wildman–Crippen MR) is 93.7 cm³/mol. The van der Waals surface area contributed by atoms with Crippen LogP contribution < -0.4 is 10.2 Å². The predicted octanol–water partition coefficient (Wildman–Crippen LogP) is 1.23. The lowest BCUT2D eigenvalue weighted by molar-refractivity contribution is 0.476. The van der Waals surface area contributed by atoms with Crippen LogP contribution in [0.4, 0.5) is 5.95 Å². The van der Waals surface area contributed by atoms with Gasteiger partial charge in [-0.2, -0.15) is 0 Å². The Morgan fingerprint density at radius 2 is 2.24 bits per heavy atom. The van der Waals surface area contributed by atoms with Crippen LogP contribution in [0.2, 0.25) is 0 Å². The summed E-state index contributed by atoms with van der Waals surface area (Å²) < 4.78 is 1.82. The Labute approximate surface area is 145 Å². The van der Waals surface area contributed by atoms with Gasteiger partial charge in [-0.05, 0) is 25.1 Å². The van der Waals surface area contributed by atoms with Crippen LogP contribution in [-0.2, 0) is 0 Å². The first-order valence-corrected chi connectivity index (χ1v) is 8.17. The van der Waals surface area contributed by atoms with Crippen molar-refractivity contribution >= 4 is 5.95 Å². The fourth-order valence-electron chi connectivity index (χ4n) is 3.00. The Hall–Kier alpha value is -3.00. The third-order valence-electron chi connectivity index (χ3n) is 4.51. The molecular weight excluding hydrogens is 318 g/mol. The zero-order chi connectivity index (χ0) is 17.2. The number of benzene rings is 1. The fraction of sp³-hybridized carbons (Fsp3) is 0.294. The van der Waals surface area contributed by atoms with Gasteiger partial charge in [0.25, 0.3) is 0 Å². The summed E-state index contributed by atoms with van der Waals surface area (Å²) in [5, 5.41) is 22.1. The van der Waals surface area contributed by atoms with Gasteiger partial charge in [0.15, 0.2) is 0 Å². The molecular formula is C17H19N7O. The van der Waals surface area contributed by atoms with E-state index in [1.807, 2.05) is 28.8 Å². The van der Waals surface area contributed by atoms with Gasteiger partial charge in [0.05, 0.1) is 18.2 Å². The van der Waals surface area contributed by atoms with Gasteiger partial charge in [0.2, 0.25) is 5.95 Å². The number of aromatic hydroxyl groups is 1. The smallest absolute Gasteiger partial charge is 0.245 e. The molecule has 3 heterocycles. The SMILES string of the molecule is CN(c1ncc(-c2ccc(-n3ccnc3)cc2O)nn1)[C@H]1CCNC1. The molecule has 0 radical (unpaired) electrons. The summed E-state index contributed by atoms with van der Waals surface area (Å²) in [5.74, 6) is 0.718. The average molecular weight is 337 g/mol. The Bertz CT molecular complexity index is 842. The highest BCUT2D eigenvalue weighted by atomic mass is 16.3.